The van der Waals surface area contributed by atoms with Crippen LogP contribution >= 0.6 is 0 Å². The molecular weight excluding hydrogens is 439 g/mol. The number of nitrogens with zero attached hydrogens (tertiary/aromatic N) is 4. The van der Waals surface area contributed by atoms with Crippen LogP contribution in [0.2, 0.25) is 0 Å². The predicted octanol–water partition coefficient (Wildman–Crippen LogP) is 2.93. The van der Waals surface area contributed by atoms with Crippen LogP contribution in [0.15, 0.2) is 48.8 Å². The number of aryl methyl sites for hydroxylation is 2. The zero-order chi connectivity index (χ0) is 24.2. The molecule has 10 heteroatoms. The molecule has 0 saturated heterocycles. The first-order valence-corrected chi connectivity index (χ1v) is 10.5. The number of nitrogens with one attached hydrogen (secondary N) is 2. The van der Waals surface area contributed by atoms with Gasteiger partial charge in [0.25, 0.3) is 5.91 Å². The summed E-state index contributed by atoms with van der Waals surface area (Å²) in [6, 6.07) is 11.9. The summed E-state index contributed by atoms with van der Waals surface area (Å²) in [5.74, 6) is -0.0118. The maximum Gasteiger partial charge on any atom is 0.272 e. The molecule has 0 unspecified atom stereocenters. The molecule has 0 aliphatic heterocycles. The monoisotopic (exact) mass is 462 g/mol. The largest absolute Gasteiger partial charge is 0.497 e. The van der Waals surface area contributed by atoms with Gasteiger partial charge in [-0.2, -0.15) is 5.10 Å². The first-order valence-electron chi connectivity index (χ1n) is 10.5. The zero-order valence-electron chi connectivity index (χ0n) is 18.9. The van der Waals surface area contributed by atoms with Gasteiger partial charge in [-0.3, -0.25) is 9.59 Å². The van der Waals surface area contributed by atoms with Crippen LogP contribution in [0.3, 0.4) is 0 Å². The first kappa shape index (κ1) is 22.8. The van der Waals surface area contributed by atoms with E-state index in [1.165, 1.54) is 17.1 Å². The third kappa shape index (κ3) is 4.85. The third-order valence-electron chi connectivity index (χ3n) is 5.27. The van der Waals surface area contributed by atoms with E-state index in [1.54, 1.807) is 45.3 Å². The molecule has 2 heterocycles. The van der Waals surface area contributed by atoms with Crippen molar-refractivity contribution in [2.75, 3.05) is 12.4 Å². The van der Waals surface area contributed by atoms with Crippen molar-refractivity contribution >= 4 is 28.7 Å². The fourth-order valence-corrected chi connectivity index (χ4v) is 3.53. The zero-order valence-corrected chi connectivity index (χ0v) is 18.9. The Morgan fingerprint density at radius 2 is 1.91 bits per heavy atom. The Bertz CT molecular complexity index is 1380. The highest BCUT2D eigenvalue weighted by atomic mass is 19.1. The van der Waals surface area contributed by atoms with Crippen molar-refractivity contribution in [2.24, 2.45) is 7.05 Å². The summed E-state index contributed by atoms with van der Waals surface area (Å²) >= 11 is 0. The number of hydrogen-bond acceptors (Lipinski definition) is 6. The lowest BCUT2D eigenvalue weighted by molar-refractivity contribution is -0.115. The summed E-state index contributed by atoms with van der Waals surface area (Å²) < 4.78 is 20.1. The smallest absolute Gasteiger partial charge is 0.272 e. The molecule has 174 valence electrons. The number of benzene rings is 2. The number of ether oxygens (including phenoxy) is 1. The minimum absolute atomic E-state index is 0.0766. The lowest BCUT2D eigenvalue weighted by Crippen LogP contribution is -2.24. The molecule has 4 rings (SSSR count). The van der Waals surface area contributed by atoms with Gasteiger partial charge in [-0.05, 0) is 41.8 Å². The Balaban J connectivity index is 1.51. The van der Waals surface area contributed by atoms with Crippen molar-refractivity contribution in [3.63, 3.8) is 0 Å². The van der Waals surface area contributed by atoms with Gasteiger partial charge in [0.2, 0.25) is 5.91 Å². The highest BCUT2D eigenvalue weighted by molar-refractivity contribution is 6.07. The molecule has 2 N–H and O–H groups in total. The number of amides is 2. The SMILES string of the molecule is COc1cccc(CC(=O)Nc2c3ncnc(C(=O)NCc4ccc(F)c(C)c4)c3nn2C)c1. The fourth-order valence-electron chi connectivity index (χ4n) is 3.53. The molecule has 0 spiro atoms. The number of aromatic nitrogens is 4. The van der Waals surface area contributed by atoms with Crippen LogP contribution in [0.1, 0.15) is 27.2 Å². The summed E-state index contributed by atoms with van der Waals surface area (Å²) in [4.78, 5) is 33.8. The number of carbonyl (C=O) groups is 2. The van der Waals surface area contributed by atoms with Crippen molar-refractivity contribution < 1.29 is 18.7 Å². The van der Waals surface area contributed by atoms with E-state index in [9.17, 15) is 14.0 Å². The number of anilines is 1. The molecule has 2 aromatic heterocycles. The maximum atomic E-state index is 13.5. The van der Waals surface area contributed by atoms with E-state index in [1.807, 2.05) is 12.1 Å². The summed E-state index contributed by atoms with van der Waals surface area (Å²) in [6.07, 6.45) is 1.37. The lowest BCUT2D eigenvalue weighted by atomic mass is 10.1. The van der Waals surface area contributed by atoms with E-state index in [0.717, 1.165) is 11.1 Å². The maximum absolute atomic E-state index is 13.5. The highest BCUT2D eigenvalue weighted by Crippen LogP contribution is 2.23. The first-order chi connectivity index (χ1) is 16.4. The minimum Gasteiger partial charge on any atom is -0.497 e. The van der Waals surface area contributed by atoms with Gasteiger partial charge >= 0.3 is 0 Å². The topological polar surface area (TPSA) is 111 Å². The number of methoxy groups -OCH3 is 1. The van der Waals surface area contributed by atoms with Crippen molar-refractivity contribution in [3.05, 3.63) is 77.0 Å². The predicted molar refractivity (Wildman–Crippen MR) is 124 cm³/mol. The van der Waals surface area contributed by atoms with Gasteiger partial charge in [0, 0.05) is 13.6 Å². The average Bonchev–Trinajstić information content (AvgIpc) is 3.14. The van der Waals surface area contributed by atoms with Gasteiger partial charge < -0.3 is 15.4 Å². The minimum atomic E-state index is -0.457. The third-order valence-corrected chi connectivity index (χ3v) is 5.27. The van der Waals surface area contributed by atoms with E-state index < -0.39 is 5.91 Å². The molecule has 0 radical (unpaired) electrons. The van der Waals surface area contributed by atoms with Gasteiger partial charge in [-0.15, -0.1) is 0 Å². The summed E-state index contributed by atoms with van der Waals surface area (Å²) in [5.41, 5.74) is 2.72. The molecule has 4 aromatic rings. The number of hydrogen-bond donors (Lipinski definition) is 2. The molecule has 0 saturated carbocycles. The molecule has 0 aliphatic rings. The van der Waals surface area contributed by atoms with Crippen molar-refractivity contribution in [1.82, 2.24) is 25.1 Å². The van der Waals surface area contributed by atoms with E-state index >= 15 is 0 Å². The van der Waals surface area contributed by atoms with Crippen LogP contribution in [0.4, 0.5) is 10.2 Å². The second-order valence-electron chi connectivity index (χ2n) is 7.73. The van der Waals surface area contributed by atoms with Gasteiger partial charge in [0.05, 0.1) is 13.5 Å². The van der Waals surface area contributed by atoms with Crippen LogP contribution in [-0.2, 0) is 24.8 Å². The molecule has 2 aromatic carbocycles. The van der Waals surface area contributed by atoms with Gasteiger partial charge in [0.1, 0.15) is 28.9 Å². The Morgan fingerprint density at radius 1 is 1.09 bits per heavy atom. The molecule has 34 heavy (non-hydrogen) atoms. The fraction of sp³-hybridized carbons (Fsp3) is 0.208. The molecule has 2 amide bonds. The van der Waals surface area contributed by atoms with E-state index in [2.05, 4.69) is 25.7 Å². The van der Waals surface area contributed by atoms with Gasteiger partial charge in [-0.25, -0.2) is 19.0 Å². The number of halogens is 1. The summed E-state index contributed by atoms with van der Waals surface area (Å²) in [5, 5.41) is 9.93. The second-order valence-corrected chi connectivity index (χ2v) is 7.73. The average molecular weight is 462 g/mol. The van der Waals surface area contributed by atoms with E-state index in [4.69, 9.17) is 4.74 Å². The normalized spacial score (nSPS) is 10.8. The van der Waals surface area contributed by atoms with Crippen LogP contribution in [0.25, 0.3) is 11.0 Å². The van der Waals surface area contributed by atoms with Crippen molar-refractivity contribution in [1.29, 1.82) is 0 Å². The van der Waals surface area contributed by atoms with Crippen LogP contribution in [0.5, 0.6) is 5.75 Å². The number of rotatable bonds is 7. The second kappa shape index (κ2) is 9.65. The van der Waals surface area contributed by atoms with Crippen LogP contribution in [0, 0.1) is 12.7 Å². The number of carbonyl (C=O) groups excluding carboxylic acids is 2. The highest BCUT2D eigenvalue weighted by Gasteiger charge is 2.20. The summed E-state index contributed by atoms with van der Waals surface area (Å²) in [6.45, 7) is 1.86. The van der Waals surface area contributed by atoms with Crippen LogP contribution in [-0.4, -0.2) is 38.7 Å². The van der Waals surface area contributed by atoms with Gasteiger partial charge in [-0.1, -0.05) is 24.3 Å². The van der Waals surface area contributed by atoms with E-state index in [0.29, 0.717) is 22.6 Å². The lowest BCUT2D eigenvalue weighted by Gasteiger charge is -2.07. The Labute approximate surface area is 195 Å². The molecule has 0 atom stereocenters. The Morgan fingerprint density at radius 3 is 2.68 bits per heavy atom. The quantitative estimate of drug-likeness (QED) is 0.437. The van der Waals surface area contributed by atoms with Crippen molar-refractivity contribution in [3.8, 4) is 5.75 Å². The Hall–Kier alpha value is -4.34. The molecular formula is C24H23FN6O3. The number of fused-ring (bicyclic) bond motifs is 1. The van der Waals surface area contributed by atoms with Crippen LogP contribution < -0.4 is 15.4 Å². The summed E-state index contributed by atoms with van der Waals surface area (Å²) in [7, 11) is 3.21. The Kier molecular flexibility index (Phi) is 6.48. The molecule has 0 aliphatic carbocycles. The van der Waals surface area contributed by atoms with Crippen molar-refractivity contribution in [2.45, 2.75) is 19.9 Å². The molecule has 0 bridgehead atoms. The van der Waals surface area contributed by atoms with E-state index in [-0.39, 0.29) is 35.9 Å². The van der Waals surface area contributed by atoms with Gasteiger partial charge in [0.15, 0.2) is 11.5 Å². The molecule has 0 fully saturated rings. The standard InChI is InChI=1S/C24H23FN6O3/c1-14-9-16(7-8-18(14)25)12-26-24(33)22-20-21(27-13-28-22)23(31(2)30-20)29-19(32)11-15-5-4-6-17(10-15)34-3/h4-10,13H,11-12H2,1-3H3,(H,26,33)(H,29,32). The molecule has 9 nitrogen and oxygen atoms in total.